The van der Waals surface area contributed by atoms with Gasteiger partial charge in [0.1, 0.15) is 0 Å². The lowest BCUT2D eigenvalue weighted by molar-refractivity contribution is -0.00722. The number of hydrogen-bond donors (Lipinski definition) is 2. The lowest BCUT2D eigenvalue weighted by Gasteiger charge is -2.50. The first kappa shape index (κ1) is 13.8. The number of amidine groups is 1. The fourth-order valence-electron chi connectivity index (χ4n) is 3.63. The van der Waals surface area contributed by atoms with Gasteiger partial charge in [0.15, 0.2) is 0 Å². The highest BCUT2D eigenvalue weighted by Gasteiger charge is 2.35. The van der Waals surface area contributed by atoms with E-state index in [1.165, 1.54) is 38.9 Å². The molecule has 2 aliphatic heterocycles. The van der Waals surface area contributed by atoms with E-state index in [2.05, 4.69) is 23.6 Å². The number of nitrogens with one attached hydrogen (secondary N) is 1. The predicted octanol–water partition coefficient (Wildman–Crippen LogP) is 1.65. The van der Waals surface area contributed by atoms with E-state index in [-0.39, 0.29) is 0 Å². The summed E-state index contributed by atoms with van der Waals surface area (Å²) >= 11 is 0. The Morgan fingerprint density at radius 1 is 1.39 bits per heavy atom. The van der Waals surface area contributed by atoms with Crippen LogP contribution in [0, 0.1) is 5.41 Å². The molecule has 3 N–H and O–H groups in total. The molecule has 0 aromatic carbocycles. The lowest BCUT2D eigenvalue weighted by Crippen LogP contribution is -2.61. The fourth-order valence-corrected chi connectivity index (χ4v) is 3.63. The lowest BCUT2D eigenvalue weighted by atomic mass is 9.94. The zero-order valence-electron chi connectivity index (χ0n) is 11.9. The molecule has 0 aliphatic carbocycles. The van der Waals surface area contributed by atoms with Crippen molar-refractivity contribution in [2.75, 3.05) is 19.6 Å². The van der Waals surface area contributed by atoms with Gasteiger partial charge >= 0.3 is 0 Å². The van der Waals surface area contributed by atoms with Crippen LogP contribution < -0.4 is 5.73 Å². The maximum absolute atomic E-state index is 7.54. The molecule has 0 radical (unpaired) electrons. The van der Waals surface area contributed by atoms with Gasteiger partial charge in [-0.05, 0) is 32.7 Å². The molecule has 2 rings (SSSR count). The molecule has 0 aromatic heterocycles. The molecule has 0 bridgehead atoms. The molecule has 2 fully saturated rings. The summed E-state index contributed by atoms with van der Waals surface area (Å²) in [6, 6.07) is 1.81. The zero-order valence-corrected chi connectivity index (χ0v) is 11.9. The number of rotatable bonds is 4. The van der Waals surface area contributed by atoms with Gasteiger partial charge in [-0.2, -0.15) is 0 Å². The van der Waals surface area contributed by atoms with Crippen molar-refractivity contribution in [2.45, 2.75) is 64.1 Å². The van der Waals surface area contributed by atoms with Gasteiger partial charge in [-0.3, -0.25) is 15.2 Å². The van der Waals surface area contributed by atoms with Crippen LogP contribution in [0.3, 0.4) is 0 Å². The molecule has 2 heterocycles. The van der Waals surface area contributed by atoms with Crippen molar-refractivity contribution in [3.63, 3.8) is 0 Å². The molecule has 0 spiro atoms. The minimum atomic E-state index is 0.333. The van der Waals surface area contributed by atoms with E-state index in [9.17, 15) is 0 Å². The van der Waals surface area contributed by atoms with Gasteiger partial charge in [-0.15, -0.1) is 0 Å². The van der Waals surface area contributed by atoms with Crippen LogP contribution in [0.15, 0.2) is 0 Å². The fraction of sp³-hybridized carbons (Fsp3) is 0.929. The molecular formula is C14H28N4. The average molecular weight is 252 g/mol. The van der Waals surface area contributed by atoms with E-state index < -0.39 is 0 Å². The van der Waals surface area contributed by atoms with Crippen LogP contribution in [-0.2, 0) is 0 Å². The molecule has 2 saturated heterocycles. The van der Waals surface area contributed by atoms with Gasteiger partial charge in [0.25, 0.3) is 0 Å². The highest BCUT2D eigenvalue weighted by atomic mass is 15.3. The molecule has 0 amide bonds. The minimum Gasteiger partial charge on any atom is -0.388 e. The molecular weight excluding hydrogens is 224 g/mol. The molecule has 4 nitrogen and oxygen atoms in total. The maximum Gasteiger partial charge on any atom is 0.0921 e. The van der Waals surface area contributed by atoms with Crippen molar-refractivity contribution in [3.05, 3.63) is 0 Å². The highest BCUT2D eigenvalue weighted by Crippen LogP contribution is 2.26. The number of nitrogens with two attached hydrogens (primary N) is 1. The summed E-state index contributed by atoms with van der Waals surface area (Å²) in [7, 11) is 0. The van der Waals surface area contributed by atoms with Crippen molar-refractivity contribution < 1.29 is 0 Å². The number of piperazine rings is 1. The Hall–Kier alpha value is -0.610. The summed E-state index contributed by atoms with van der Waals surface area (Å²) < 4.78 is 0. The summed E-state index contributed by atoms with van der Waals surface area (Å²) in [5, 5.41) is 7.54. The van der Waals surface area contributed by atoms with Crippen LogP contribution in [-0.4, -0.2) is 53.4 Å². The quantitative estimate of drug-likeness (QED) is 0.591. The monoisotopic (exact) mass is 252 g/mol. The molecule has 0 aromatic rings. The van der Waals surface area contributed by atoms with E-state index in [1.807, 2.05) is 0 Å². The second-order valence-electron chi connectivity index (χ2n) is 5.98. The first-order valence-corrected chi connectivity index (χ1v) is 7.44. The van der Waals surface area contributed by atoms with Crippen LogP contribution in [0.25, 0.3) is 0 Å². The van der Waals surface area contributed by atoms with Gasteiger partial charge in [0.05, 0.1) is 5.84 Å². The zero-order chi connectivity index (χ0) is 13.1. The Bertz CT molecular complexity index is 292. The number of nitrogens with zero attached hydrogens (tertiary/aromatic N) is 2. The Kier molecular flexibility index (Phi) is 4.62. The van der Waals surface area contributed by atoms with E-state index in [0.717, 1.165) is 18.9 Å². The standard InChI is InChI=1S/C14H28N4/c1-3-12(8-14(15)16)18-10-13-6-4-5-7-17(13)9-11(18)2/h11-13H,3-10H2,1-2H3,(H3,15,16). The van der Waals surface area contributed by atoms with Crippen molar-refractivity contribution in [1.82, 2.24) is 9.80 Å². The van der Waals surface area contributed by atoms with Gasteiger partial charge in [0, 0.05) is 37.6 Å². The first-order chi connectivity index (χ1) is 8.61. The molecule has 2 aliphatic rings. The average Bonchev–Trinajstić information content (AvgIpc) is 2.35. The van der Waals surface area contributed by atoms with Crippen molar-refractivity contribution >= 4 is 5.84 Å². The summed E-state index contributed by atoms with van der Waals surface area (Å²) in [6.45, 7) is 8.19. The van der Waals surface area contributed by atoms with Crippen LogP contribution >= 0.6 is 0 Å². The van der Waals surface area contributed by atoms with Gasteiger partial charge in [-0.1, -0.05) is 13.3 Å². The van der Waals surface area contributed by atoms with Crippen LogP contribution in [0.2, 0.25) is 0 Å². The maximum atomic E-state index is 7.54. The van der Waals surface area contributed by atoms with E-state index in [1.54, 1.807) is 0 Å². The van der Waals surface area contributed by atoms with Crippen LogP contribution in [0.1, 0.15) is 46.0 Å². The summed E-state index contributed by atoms with van der Waals surface area (Å²) in [6.07, 6.45) is 5.92. The molecule has 18 heavy (non-hydrogen) atoms. The Morgan fingerprint density at radius 3 is 2.83 bits per heavy atom. The van der Waals surface area contributed by atoms with Crippen molar-refractivity contribution in [1.29, 1.82) is 5.41 Å². The van der Waals surface area contributed by atoms with E-state index in [0.29, 0.717) is 17.9 Å². The normalized spacial score (nSPS) is 31.9. The minimum absolute atomic E-state index is 0.333. The highest BCUT2D eigenvalue weighted by molar-refractivity contribution is 5.77. The second kappa shape index (κ2) is 6.02. The summed E-state index contributed by atoms with van der Waals surface area (Å²) in [5.74, 6) is 0.333. The molecule has 4 heteroatoms. The molecule has 0 saturated carbocycles. The predicted molar refractivity (Wildman–Crippen MR) is 76.0 cm³/mol. The topological polar surface area (TPSA) is 56.4 Å². The number of hydrogen-bond acceptors (Lipinski definition) is 3. The first-order valence-electron chi connectivity index (χ1n) is 7.44. The third-order valence-electron chi connectivity index (χ3n) is 4.63. The van der Waals surface area contributed by atoms with Gasteiger partial charge in [0.2, 0.25) is 0 Å². The van der Waals surface area contributed by atoms with Gasteiger partial charge < -0.3 is 5.73 Å². The number of fused-ring (bicyclic) bond motifs is 1. The van der Waals surface area contributed by atoms with Crippen molar-refractivity contribution in [2.24, 2.45) is 5.73 Å². The van der Waals surface area contributed by atoms with Crippen molar-refractivity contribution in [3.8, 4) is 0 Å². The van der Waals surface area contributed by atoms with Crippen LogP contribution in [0.4, 0.5) is 0 Å². The van der Waals surface area contributed by atoms with Crippen LogP contribution in [0.5, 0.6) is 0 Å². The smallest absolute Gasteiger partial charge is 0.0921 e. The summed E-state index contributed by atoms with van der Waals surface area (Å²) in [5.41, 5.74) is 5.60. The summed E-state index contributed by atoms with van der Waals surface area (Å²) in [4.78, 5) is 5.28. The molecule has 3 atom stereocenters. The number of piperidine rings is 1. The molecule has 104 valence electrons. The Morgan fingerprint density at radius 2 is 2.17 bits per heavy atom. The Labute approximate surface area is 111 Å². The third-order valence-corrected chi connectivity index (χ3v) is 4.63. The van der Waals surface area contributed by atoms with E-state index in [4.69, 9.17) is 11.1 Å². The van der Waals surface area contributed by atoms with Gasteiger partial charge in [-0.25, -0.2) is 0 Å². The molecule has 3 unspecified atom stereocenters. The largest absolute Gasteiger partial charge is 0.388 e. The second-order valence-corrected chi connectivity index (χ2v) is 5.98. The van der Waals surface area contributed by atoms with E-state index >= 15 is 0 Å². The third kappa shape index (κ3) is 3.04. The Balaban J connectivity index is 2.00. The SMILES string of the molecule is CCC(CC(=N)N)N1CC2CCCCN2CC1C.